The Morgan fingerprint density at radius 1 is 1.23 bits per heavy atom. The van der Waals surface area contributed by atoms with E-state index in [-0.39, 0.29) is 23.6 Å². The molecule has 1 aliphatic rings. The zero-order valence-corrected chi connectivity index (χ0v) is 14.7. The first-order valence-electron chi connectivity index (χ1n) is 7.33. The molecule has 1 amide bonds. The van der Waals surface area contributed by atoms with Crippen LogP contribution in [0.4, 0.5) is 5.69 Å². The average Bonchev–Trinajstić information content (AvgIpc) is 3.06. The Morgan fingerprint density at radius 2 is 1.96 bits per heavy atom. The third-order valence-electron chi connectivity index (χ3n) is 3.52. The third kappa shape index (κ3) is 3.68. The van der Waals surface area contributed by atoms with E-state index in [0.29, 0.717) is 21.5 Å². The summed E-state index contributed by atoms with van der Waals surface area (Å²) >= 11 is 3.36. The van der Waals surface area contributed by atoms with Crippen LogP contribution < -0.4 is 14.8 Å². The van der Waals surface area contributed by atoms with Gasteiger partial charge >= 0.3 is 5.97 Å². The van der Waals surface area contributed by atoms with E-state index < -0.39 is 11.9 Å². The fourth-order valence-electron chi connectivity index (χ4n) is 2.28. The number of halogens is 1. The first kappa shape index (κ1) is 17.5. The second-order valence-corrected chi connectivity index (χ2v) is 6.09. The highest BCUT2D eigenvalue weighted by Gasteiger charge is 2.17. The van der Waals surface area contributed by atoms with Crippen molar-refractivity contribution >= 4 is 39.6 Å². The predicted octanol–water partition coefficient (Wildman–Crippen LogP) is 3.42. The number of aromatic carboxylic acids is 1. The van der Waals surface area contributed by atoms with Crippen molar-refractivity contribution in [2.45, 2.75) is 0 Å². The second-order valence-electron chi connectivity index (χ2n) is 5.24. The quantitative estimate of drug-likeness (QED) is 0.585. The number of hydrogen-bond donors (Lipinski definition) is 2. The highest BCUT2D eigenvalue weighted by Crippen LogP contribution is 2.37. The molecule has 130 valence electrons. The number of nitriles is 1. The molecule has 0 unspecified atom stereocenters. The van der Waals surface area contributed by atoms with Crippen LogP contribution in [0.3, 0.4) is 0 Å². The Morgan fingerprint density at radius 3 is 2.65 bits per heavy atom. The number of benzene rings is 2. The van der Waals surface area contributed by atoms with Crippen molar-refractivity contribution in [3.05, 3.63) is 57.6 Å². The van der Waals surface area contributed by atoms with Gasteiger partial charge in [-0.1, -0.05) is 22.0 Å². The number of carbonyl (C=O) groups is 2. The average molecular weight is 415 g/mol. The van der Waals surface area contributed by atoms with Crippen molar-refractivity contribution in [3.8, 4) is 17.6 Å². The molecule has 2 N–H and O–H groups in total. The highest BCUT2D eigenvalue weighted by atomic mass is 79.9. The zero-order valence-electron chi connectivity index (χ0n) is 13.2. The molecule has 0 bridgehead atoms. The van der Waals surface area contributed by atoms with Crippen LogP contribution in [0, 0.1) is 11.3 Å². The Labute approximate surface area is 156 Å². The summed E-state index contributed by atoms with van der Waals surface area (Å²) in [5.41, 5.74) is 0.732. The summed E-state index contributed by atoms with van der Waals surface area (Å²) in [6.07, 6.45) is 1.41. The van der Waals surface area contributed by atoms with Gasteiger partial charge in [-0.05, 0) is 42.0 Å². The summed E-state index contributed by atoms with van der Waals surface area (Å²) in [7, 11) is 0. The van der Waals surface area contributed by atoms with Crippen LogP contribution >= 0.6 is 15.9 Å². The summed E-state index contributed by atoms with van der Waals surface area (Å²) in [5, 5.41) is 20.8. The molecule has 2 aromatic rings. The van der Waals surface area contributed by atoms with Gasteiger partial charge in [-0.25, -0.2) is 4.79 Å². The molecule has 3 rings (SSSR count). The van der Waals surface area contributed by atoms with Gasteiger partial charge < -0.3 is 19.9 Å². The molecular weight excluding hydrogens is 404 g/mol. The number of hydrogen-bond acceptors (Lipinski definition) is 5. The second kappa shape index (κ2) is 7.29. The fourth-order valence-corrected chi connectivity index (χ4v) is 2.71. The summed E-state index contributed by atoms with van der Waals surface area (Å²) in [6.45, 7) is 0.112. The minimum absolute atomic E-state index is 0.0313. The lowest BCUT2D eigenvalue weighted by molar-refractivity contribution is -0.112. The van der Waals surface area contributed by atoms with Crippen molar-refractivity contribution < 1.29 is 24.2 Å². The molecule has 0 fully saturated rings. The van der Waals surface area contributed by atoms with Crippen LogP contribution in [0.1, 0.15) is 15.9 Å². The largest absolute Gasteiger partial charge is 0.478 e. The summed E-state index contributed by atoms with van der Waals surface area (Å²) in [6, 6.07) is 10.9. The Balaban J connectivity index is 1.86. The smallest absolute Gasteiger partial charge is 0.335 e. The number of ether oxygens (including phenoxy) is 2. The molecule has 0 radical (unpaired) electrons. The van der Waals surface area contributed by atoms with Gasteiger partial charge in [-0.2, -0.15) is 5.26 Å². The molecule has 7 nitrogen and oxygen atoms in total. The number of amides is 1. The van der Waals surface area contributed by atoms with Crippen LogP contribution in [0.5, 0.6) is 11.5 Å². The van der Waals surface area contributed by atoms with Crippen molar-refractivity contribution in [1.82, 2.24) is 0 Å². The molecule has 26 heavy (non-hydrogen) atoms. The summed E-state index contributed by atoms with van der Waals surface area (Å²) in [4.78, 5) is 23.4. The number of carbonyl (C=O) groups excluding carboxylic acids is 1. The van der Waals surface area contributed by atoms with Crippen LogP contribution in [0.25, 0.3) is 6.08 Å². The predicted molar refractivity (Wildman–Crippen MR) is 95.9 cm³/mol. The van der Waals surface area contributed by atoms with Gasteiger partial charge in [0.1, 0.15) is 11.6 Å². The summed E-state index contributed by atoms with van der Waals surface area (Å²) < 4.78 is 11.2. The van der Waals surface area contributed by atoms with E-state index in [1.165, 1.54) is 30.3 Å². The SMILES string of the molecule is N#C/C(=C\c1cc2c(cc1Br)OCO2)C(=O)Nc1cccc(C(=O)O)c1. The van der Waals surface area contributed by atoms with Gasteiger partial charge in [-0.3, -0.25) is 4.79 Å². The van der Waals surface area contributed by atoms with Gasteiger partial charge in [-0.15, -0.1) is 0 Å². The summed E-state index contributed by atoms with van der Waals surface area (Å²) in [5.74, 6) is -0.671. The maximum absolute atomic E-state index is 12.4. The number of anilines is 1. The normalized spacial score (nSPS) is 12.4. The molecule has 0 saturated carbocycles. The number of carboxylic acid groups (broad SMARTS) is 1. The first-order chi connectivity index (χ1) is 12.5. The minimum Gasteiger partial charge on any atom is -0.478 e. The maximum atomic E-state index is 12.4. The Kier molecular flexibility index (Phi) is 4.91. The lowest BCUT2D eigenvalue weighted by Crippen LogP contribution is -2.14. The molecule has 0 saturated heterocycles. The van der Waals surface area contributed by atoms with Crippen LogP contribution in [0.2, 0.25) is 0 Å². The van der Waals surface area contributed by atoms with Crippen LogP contribution in [-0.4, -0.2) is 23.8 Å². The highest BCUT2D eigenvalue weighted by molar-refractivity contribution is 9.10. The molecule has 0 atom stereocenters. The van der Waals surface area contributed by atoms with Gasteiger partial charge in [0.05, 0.1) is 5.56 Å². The standard InChI is InChI=1S/C18H11BrN2O5/c19-14-7-16-15(25-9-26-16)6-11(14)4-12(8-20)17(22)21-13-3-1-2-10(5-13)18(23)24/h1-7H,9H2,(H,21,22)(H,23,24)/b12-4+. The number of fused-ring (bicyclic) bond motifs is 1. The number of rotatable bonds is 4. The molecule has 2 aromatic carbocycles. The van der Waals surface area contributed by atoms with E-state index in [1.54, 1.807) is 12.1 Å². The molecule has 1 heterocycles. The van der Waals surface area contributed by atoms with E-state index in [9.17, 15) is 14.9 Å². The fraction of sp³-hybridized carbons (Fsp3) is 0.0556. The zero-order chi connectivity index (χ0) is 18.7. The molecular formula is C18H11BrN2O5. The number of nitrogens with zero attached hydrogens (tertiary/aromatic N) is 1. The Hall–Kier alpha value is -3.31. The van der Waals surface area contributed by atoms with E-state index in [1.807, 2.05) is 6.07 Å². The minimum atomic E-state index is -1.11. The maximum Gasteiger partial charge on any atom is 0.335 e. The van der Waals surface area contributed by atoms with Crippen LogP contribution in [0.15, 0.2) is 46.4 Å². The van der Waals surface area contributed by atoms with E-state index in [2.05, 4.69) is 21.2 Å². The first-order valence-corrected chi connectivity index (χ1v) is 8.13. The van der Waals surface area contributed by atoms with Gasteiger partial charge in [0.25, 0.3) is 5.91 Å². The number of carboxylic acids is 1. The molecule has 8 heteroatoms. The van der Waals surface area contributed by atoms with Crippen molar-refractivity contribution in [2.24, 2.45) is 0 Å². The lowest BCUT2D eigenvalue weighted by Gasteiger charge is -2.06. The van der Waals surface area contributed by atoms with Crippen LogP contribution in [-0.2, 0) is 4.79 Å². The lowest BCUT2D eigenvalue weighted by atomic mass is 10.1. The van der Waals surface area contributed by atoms with E-state index in [0.717, 1.165) is 0 Å². The van der Waals surface area contributed by atoms with Gasteiger partial charge in [0, 0.05) is 10.2 Å². The van der Waals surface area contributed by atoms with E-state index >= 15 is 0 Å². The Bertz CT molecular complexity index is 978. The third-order valence-corrected chi connectivity index (χ3v) is 4.21. The van der Waals surface area contributed by atoms with Crippen molar-refractivity contribution in [3.63, 3.8) is 0 Å². The molecule has 0 aliphatic carbocycles. The molecule has 1 aliphatic heterocycles. The monoisotopic (exact) mass is 414 g/mol. The van der Waals surface area contributed by atoms with Crippen molar-refractivity contribution in [1.29, 1.82) is 5.26 Å². The molecule has 0 aromatic heterocycles. The number of nitrogens with one attached hydrogen (secondary N) is 1. The topological polar surface area (TPSA) is 109 Å². The van der Waals surface area contributed by atoms with E-state index in [4.69, 9.17) is 14.6 Å². The van der Waals surface area contributed by atoms with Gasteiger partial charge in [0.15, 0.2) is 11.5 Å². The van der Waals surface area contributed by atoms with Gasteiger partial charge in [0.2, 0.25) is 6.79 Å². The molecule has 0 spiro atoms. The van der Waals surface area contributed by atoms with Crippen molar-refractivity contribution in [2.75, 3.05) is 12.1 Å².